The van der Waals surface area contributed by atoms with E-state index in [0.717, 1.165) is 36.1 Å². The number of nitrogens with one attached hydrogen (secondary N) is 1. The Labute approximate surface area is 266 Å². The summed E-state index contributed by atoms with van der Waals surface area (Å²) in [5.41, 5.74) is 1.90. The highest BCUT2D eigenvalue weighted by atomic mass is 32.1. The van der Waals surface area contributed by atoms with Gasteiger partial charge in [0.2, 0.25) is 16.9 Å². The predicted molar refractivity (Wildman–Crippen MR) is 177 cm³/mol. The molecule has 44 heavy (non-hydrogen) atoms. The Hall–Kier alpha value is -3.66. The lowest BCUT2D eigenvalue weighted by molar-refractivity contribution is -0.131. The van der Waals surface area contributed by atoms with Gasteiger partial charge in [0.25, 0.3) is 0 Å². The number of carbonyl (C=O) groups is 2. The summed E-state index contributed by atoms with van der Waals surface area (Å²) >= 11 is 1.30. The van der Waals surface area contributed by atoms with Crippen molar-refractivity contribution >= 4 is 28.3 Å². The van der Waals surface area contributed by atoms with E-state index in [-0.39, 0.29) is 18.2 Å². The molecule has 0 saturated heterocycles. The Balaban J connectivity index is 1.54. The van der Waals surface area contributed by atoms with E-state index in [2.05, 4.69) is 22.4 Å². The number of methoxy groups -OCH3 is 3. The van der Waals surface area contributed by atoms with Gasteiger partial charge in [-0.15, -0.1) is 10.2 Å². The van der Waals surface area contributed by atoms with Crippen molar-refractivity contribution in [2.24, 2.45) is 0 Å². The molecule has 0 aliphatic rings. The van der Waals surface area contributed by atoms with E-state index in [0.29, 0.717) is 47.6 Å². The maximum absolute atomic E-state index is 13.3. The number of hydrogen-bond donors (Lipinski definition) is 1. The van der Waals surface area contributed by atoms with Gasteiger partial charge >= 0.3 is 0 Å². The summed E-state index contributed by atoms with van der Waals surface area (Å²) in [5.74, 6) is 1.92. The van der Waals surface area contributed by atoms with Crippen LogP contribution in [0.5, 0.6) is 17.2 Å². The van der Waals surface area contributed by atoms with E-state index in [1.54, 1.807) is 21.3 Å². The highest BCUT2D eigenvalue weighted by Gasteiger charge is 2.17. The van der Waals surface area contributed by atoms with Crippen LogP contribution in [0.25, 0.3) is 10.6 Å². The molecule has 2 amide bonds. The van der Waals surface area contributed by atoms with Gasteiger partial charge in [-0.25, -0.2) is 0 Å². The maximum atomic E-state index is 13.3. The normalized spacial score (nSPS) is 10.8. The minimum Gasteiger partial charge on any atom is -0.497 e. The number of amides is 2. The second-order valence-electron chi connectivity index (χ2n) is 10.8. The van der Waals surface area contributed by atoms with Gasteiger partial charge in [0, 0.05) is 31.5 Å². The number of ether oxygens (including phenoxy) is 3. The Kier molecular flexibility index (Phi) is 15.5. The van der Waals surface area contributed by atoms with E-state index in [9.17, 15) is 9.59 Å². The molecule has 10 heteroatoms. The van der Waals surface area contributed by atoms with E-state index >= 15 is 0 Å². The van der Waals surface area contributed by atoms with Crippen molar-refractivity contribution in [3.63, 3.8) is 0 Å². The molecular formula is C34H48N4O5S. The van der Waals surface area contributed by atoms with Gasteiger partial charge in [-0.1, -0.05) is 87.8 Å². The lowest BCUT2D eigenvalue weighted by Crippen LogP contribution is -2.35. The summed E-state index contributed by atoms with van der Waals surface area (Å²) in [5, 5.41) is 12.3. The quantitative estimate of drug-likeness (QED) is 0.122. The smallest absolute Gasteiger partial charge is 0.227 e. The molecule has 0 spiro atoms. The van der Waals surface area contributed by atoms with Crippen molar-refractivity contribution in [3.05, 3.63) is 48.0 Å². The zero-order valence-electron chi connectivity index (χ0n) is 26.7. The van der Waals surface area contributed by atoms with Gasteiger partial charge in [0.1, 0.15) is 10.8 Å². The molecular weight excluding hydrogens is 576 g/mol. The summed E-state index contributed by atoms with van der Waals surface area (Å²) < 4.78 is 16.1. The molecule has 0 fully saturated rings. The molecule has 1 aromatic heterocycles. The Morgan fingerprint density at radius 1 is 0.795 bits per heavy atom. The molecule has 0 radical (unpaired) electrons. The van der Waals surface area contributed by atoms with E-state index in [1.165, 1.54) is 49.9 Å². The van der Waals surface area contributed by atoms with E-state index in [4.69, 9.17) is 14.2 Å². The molecule has 3 aromatic rings. The van der Waals surface area contributed by atoms with Gasteiger partial charge in [0.05, 0.1) is 21.3 Å². The largest absolute Gasteiger partial charge is 0.497 e. The molecule has 0 atom stereocenters. The topological polar surface area (TPSA) is 103 Å². The van der Waals surface area contributed by atoms with Crippen LogP contribution in [0.15, 0.2) is 42.5 Å². The highest BCUT2D eigenvalue weighted by Crippen LogP contribution is 2.29. The summed E-state index contributed by atoms with van der Waals surface area (Å²) in [4.78, 5) is 28.0. The first-order chi connectivity index (χ1) is 21.5. The molecule has 1 N–H and O–H groups in total. The van der Waals surface area contributed by atoms with Crippen molar-refractivity contribution in [1.29, 1.82) is 0 Å². The number of hydrogen-bond acceptors (Lipinski definition) is 8. The van der Waals surface area contributed by atoms with Crippen LogP contribution in [-0.4, -0.2) is 61.3 Å². The molecule has 0 aliphatic carbocycles. The number of carbonyl (C=O) groups excluding carboxylic acids is 2. The summed E-state index contributed by atoms with van der Waals surface area (Å²) in [6, 6.07) is 13.3. The fourth-order valence-corrected chi connectivity index (χ4v) is 5.73. The maximum Gasteiger partial charge on any atom is 0.227 e. The standard InChI is InChI=1S/C34H48N4O5S/c1-5-6-7-8-9-10-11-12-13-17-32(40)38(22-20-26-18-19-29(42-3)30(24-26)43-4)23-21-31(39)35-34-37-36-33(44-34)27-15-14-16-28(25-27)41-2/h14-16,18-19,24-25H,5-13,17,20-23H2,1-4H3,(H,35,37,39). The molecule has 0 unspecified atom stereocenters. The number of anilines is 1. The monoisotopic (exact) mass is 624 g/mol. The van der Waals surface area contributed by atoms with Crippen LogP contribution in [0.1, 0.15) is 83.1 Å². The first-order valence-corrected chi connectivity index (χ1v) is 16.6. The second-order valence-corrected chi connectivity index (χ2v) is 11.8. The molecule has 1 heterocycles. The minimum absolute atomic E-state index is 0.0810. The molecule has 240 valence electrons. The van der Waals surface area contributed by atoms with Gasteiger partial charge < -0.3 is 24.4 Å². The Morgan fingerprint density at radius 2 is 1.52 bits per heavy atom. The van der Waals surface area contributed by atoms with Gasteiger partial charge in [-0.3, -0.25) is 9.59 Å². The van der Waals surface area contributed by atoms with Crippen molar-refractivity contribution < 1.29 is 23.8 Å². The number of benzene rings is 2. The molecule has 0 aliphatic heterocycles. The second kappa shape index (κ2) is 19.6. The van der Waals surface area contributed by atoms with Crippen LogP contribution < -0.4 is 19.5 Å². The van der Waals surface area contributed by atoms with Crippen LogP contribution in [0.3, 0.4) is 0 Å². The third-order valence-corrected chi connectivity index (χ3v) is 8.45. The number of aromatic nitrogens is 2. The van der Waals surface area contributed by atoms with Crippen LogP contribution in [0.2, 0.25) is 0 Å². The SMILES string of the molecule is CCCCCCCCCCCC(=O)N(CCC(=O)Nc1nnc(-c2cccc(OC)c2)s1)CCc1ccc(OC)c(OC)c1. The lowest BCUT2D eigenvalue weighted by Gasteiger charge is -2.23. The zero-order valence-corrected chi connectivity index (χ0v) is 27.5. The summed E-state index contributed by atoms with van der Waals surface area (Å²) in [7, 11) is 4.83. The van der Waals surface area contributed by atoms with Crippen LogP contribution >= 0.6 is 11.3 Å². The van der Waals surface area contributed by atoms with Crippen LogP contribution in [0, 0.1) is 0 Å². The van der Waals surface area contributed by atoms with Gasteiger partial charge in [-0.05, 0) is 42.7 Å². The Bertz CT molecular complexity index is 1300. The number of rotatable bonds is 21. The first kappa shape index (κ1) is 34.8. The molecule has 9 nitrogen and oxygen atoms in total. The Morgan fingerprint density at radius 3 is 2.23 bits per heavy atom. The first-order valence-electron chi connectivity index (χ1n) is 15.7. The summed E-state index contributed by atoms with van der Waals surface area (Å²) in [6.07, 6.45) is 12.1. The molecule has 0 bridgehead atoms. The van der Waals surface area contributed by atoms with Crippen molar-refractivity contribution in [3.8, 4) is 27.8 Å². The predicted octanol–water partition coefficient (Wildman–Crippen LogP) is 7.55. The summed E-state index contributed by atoms with van der Waals surface area (Å²) in [6.45, 7) is 3.08. The number of unbranched alkanes of at least 4 members (excludes halogenated alkanes) is 8. The average Bonchev–Trinajstić information content (AvgIpc) is 3.52. The average molecular weight is 625 g/mol. The molecule has 0 saturated carbocycles. The van der Waals surface area contributed by atoms with Crippen LogP contribution in [-0.2, 0) is 16.0 Å². The van der Waals surface area contributed by atoms with Crippen LogP contribution in [0.4, 0.5) is 5.13 Å². The molecule has 3 rings (SSSR count). The highest BCUT2D eigenvalue weighted by molar-refractivity contribution is 7.18. The third kappa shape index (κ3) is 11.8. The van der Waals surface area contributed by atoms with Crippen molar-refractivity contribution in [1.82, 2.24) is 15.1 Å². The lowest BCUT2D eigenvalue weighted by atomic mass is 10.1. The third-order valence-electron chi connectivity index (χ3n) is 7.56. The van der Waals surface area contributed by atoms with Gasteiger partial charge in [0.15, 0.2) is 11.5 Å². The fraction of sp³-hybridized carbons (Fsp3) is 0.529. The van der Waals surface area contributed by atoms with Crippen molar-refractivity contribution in [2.45, 2.75) is 84.0 Å². The molecule has 2 aromatic carbocycles. The fourth-order valence-electron chi connectivity index (χ4n) is 4.97. The minimum atomic E-state index is -0.203. The van der Waals surface area contributed by atoms with Crippen molar-refractivity contribution in [2.75, 3.05) is 39.7 Å². The van der Waals surface area contributed by atoms with Gasteiger partial charge in [-0.2, -0.15) is 0 Å². The van der Waals surface area contributed by atoms with E-state index < -0.39 is 0 Å². The van der Waals surface area contributed by atoms with E-state index in [1.807, 2.05) is 47.4 Å². The zero-order chi connectivity index (χ0) is 31.6. The number of nitrogens with zero attached hydrogens (tertiary/aromatic N) is 3.